The minimum Gasteiger partial charge on any atom is -0.307 e. The molecule has 5 nitrogen and oxygen atoms in total. The lowest BCUT2D eigenvalue weighted by Crippen LogP contribution is -2.35. The summed E-state index contributed by atoms with van der Waals surface area (Å²) in [5.41, 5.74) is 4.31. The summed E-state index contributed by atoms with van der Waals surface area (Å²) in [6.45, 7) is 7.22. The zero-order valence-electron chi connectivity index (χ0n) is 17.4. The van der Waals surface area contributed by atoms with Crippen molar-refractivity contribution in [2.45, 2.75) is 39.3 Å². The van der Waals surface area contributed by atoms with Gasteiger partial charge in [0.05, 0.1) is 12.2 Å². The number of rotatable bonds is 5. The van der Waals surface area contributed by atoms with Crippen LogP contribution in [0, 0.1) is 19.7 Å². The number of hydrogen-bond donors (Lipinski definition) is 1. The number of halogens is 1. The molecule has 1 fully saturated rings. The average molecular weight is 407 g/mol. The number of amides is 1. The summed E-state index contributed by atoms with van der Waals surface area (Å²) in [4.78, 5) is 15.0. The third-order valence-electron chi connectivity index (χ3n) is 5.80. The first-order valence-corrected chi connectivity index (χ1v) is 10.4. The van der Waals surface area contributed by atoms with Gasteiger partial charge >= 0.3 is 0 Å². The van der Waals surface area contributed by atoms with E-state index in [0.717, 1.165) is 32.5 Å². The molecule has 30 heavy (non-hydrogen) atoms. The maximum absolute atomic E-state index is 13.4. The number of piperidine rings is 1. The molecule has 1 N–H and O–H groups in total. The van der Waals surface area contributed by atoms with E-state index in [9.17, 15) is 9.18 Å². The number of likely N-dealkylation sites (tertiary alicyclic amines) is 1. The topological polar surface area (TPSA) is 50.2 Å². The summed E-state index contributed by atoms with van der Waals surface area (Å²) < 4.78 is 15.3. The summed E-state index contributed by atoms with van der Waals surface area (Å²) in [5.74, 6) is -0.103. The molecule has 3 aromatic rings. The smallest absolute Gasteiger partial charge is 0.256 e. The largest absolute Gasteiger partial charge is 0.307 e. The molecule has 0 saturated carbocycles. The standard InChI is InChI=1S/C24H27FN4O/c1-17-6-7-18(2)20(14-17)16-28-12-9-22(10-13-28)29-23(8-11-26-29)27-24(30)19-4-3-5-21(25)15-19/h3-8,11,14-15,22H,9-10,12-13,16H2,1-2H3,(H,27,30). The van der Waals surface area contributed by atoms with Gasteiger partial charge in [0.2, 0.25) is 0 Å². The van der Waals surface area contributed by atoms with Crippen LogP contribution in [0.1, 0.15) is 45.9 Å². The molecule has 0 atom stereocenters. The molecule has 156 valence electrons. The van der Waals surface area contributed by atoms with E-state index >= 15 is 0 Å². The molecule has 0 bridgehead atoms. The van der Waals surface area contributed by atoms with Crippen molar-refractivity contribution in [2.75, 3.05) is 18.4 Å². The van der Waals surface area contributed by atoms with Gasteiger partial charge in [-0.2, -0.15) is 5.10 Å². The lowest BCUT2D eigenvalue weighted by atomic mass is 10.0. The van der Waals surface area contributed by atoms with Gasteiger partial charge < -0.3 is 5.32 Å². The zero-order valence-corrected chi connectivity index (χ0v) is 17.4. The highest BCUT2D eigenvalue weighted by atomic mass is 19.1. The lowest BCUT2D eigenvalue weighted by molar-refractivity contribution is 0.102. The van der Waals surface area contributed by atoms with Crippen molar-refractivity contribution in [1.29, 1.82) is 0 Å². The minimum atomic E-state index is -0.424. The van der Waals surface area contributed by atoms with Gasteiger partial charge in [0.25, 0.3) is 5.91 Å². The number of hydrogen-bond acceptors (Lipinski definition) is 3. The molecule has 2 aromatic carbocycles. The Balaban J connectivity index is 1.38. The second-order valence-corrected chi connectivity index (χ2v) is 8.06. The third kappa shape index (κ3) is 4.60. The molecule has 1 aromatic heterocycles. The van der Waals surface area contributed by atoms with Crippen LogP contribution in [0.2, 0.25) is 0 Å². The van der Waals surface area contributed by atoms with Crippen LogP contribution in [0.3, 0.4) is 0 Å². The van der Waals surface area contributed by atoms with Crippen LogP contribution in [0.25, 0.3) is 0 Å². The Morgan fingerprint density at radius 3 is 2.70 bits per heavy atom. The van der Waals surface area contributed by atoms with Crippen molar-refractivity contribution in [1.82, 2.24) is 14.7 Å². The number of benzene rings is 2. The van der Waals surface area contributed by atoms with Crippen LogP contribution in [-0.4, -0.2) is 33.7 Å². The number of nitrogens with zero attached hydrogens (tertiary/aromatic N) is 3. The minimum absolute atomic E-state index is 0.234. The molecule has 1 amide bonds. The fraction of sp³-hybridized carbons (Fsp3) is 0.333. The average Bonchev–Trinajstić information content (AvgIpc) is 3.19. The van der Waals surface area contributed by atoms with Crippen molar-refractivity contribution in [3.05, 3.63) is 82.8 Å². The summed E-state index contributed by atoms with van der Waals surface area (Å²) >= 11 is 0. The number of nitrogens with one attached hydrogen (secondary N) is 1. The number of carbonyl (C=O) groups is 1. The summed E-state index contributed by atoms with van der Waals surface area (Å²) in [6.07, 6.45) is 3.63. The van der Waals surface area contributed by atoms with E-state index in [1.54, 1.807) is 18.3 Å². The Morgan fingerprint density at radius 2 is 1.93 bits per heavy atom. The van der Waals surface area contributed by atoms with Crippen molar-refractivity contribution < 1.29 is 9.18 Å². The normalized spacial score (nSPS) is 15.3. The van der Waals surface area contributed by atoms with E-state index in [2.05, 4.69) is 47.4 Å². The predicted molar refractivity (Wildman–Crippen MR) is 116 cm³/mol. The van der Waals surface area contributed by atoms with Gasteiger partial charge in [-0.05, 0) is 56.0 Å². The molecule has 2 heterocycles. The van der Waals surface area contributed by atoms with Gasteiger partial charge in [-0.1, -0.05) is 29.8 Å². The monoisotopic (exact) mass is 406 g/mol. The van der Waals surface area contributed by atoms with Crippen molar-refractivity contribution >= 4 is 11.7 Å². The fourth-order valence-corrected chi connectivity index (χ4v) is 4.06. The molecule has 6 heteroatoms. The van der Waals surface area contributed by atoms with Crippen LogP contribution in [0.15, 0.2) is 54.7 Å². The maximum atomic E-state index is 13.4. The van der Waals surface area contributed by atoms with Gasteiger partial charge in [-0.25, -0.2) is 9.07 Å². The lowest BCUT2D eigenvalue weighted by Gasteiger charge is -2.33. The van der Waals surface area contributed by atoms with Gasteiger partial charge in [-0.3, -0.25) is 9.69 Å². The SMILES string of the molecule is Cc1ccc(C)c(CN2CCC(n3nccc3NC(=O)c3cccc(F)c3)CC2)c1. The van der Waals surface area contributed by atoms with E-state index in [1.807, 2.05) is 4.68 Å². The highest BCUT2D eigenvalue weighted by Crippen LogP contribution is 2.27. The van der Waals surface area contributed by atoms with E-state index in [0.29, 0.717) is 11.4 Å². The molecule has 4 rings (SSSR count). The molecule has 0 unspecified atom stereocenters. The fourth-order valence-electron chi connectivity index (χ4n) is 4.06. The first-order valence-electron chi connectivity index (χ1n) is 10.4. The zero-order chi connectivity index (χ0) is 21.1. The number of anilines is 1. The van der Waals surface area contributed by atoms with Crippen LogP contribution in [0.4, 0.5) is 10.2 Å². The summed E-state index contributed by atoms with van der Waals surface area (Å²) in [7, 11) is 0. The first-order chi connectivity index (χ1) is 14.5. The Kier molecular flexibility index (Phi) is 5.95. The van der Waals surface area contributed by atoms with Crippen LogP contribution >= 0.6 is 0 Å². The number of carbonyl (C=O) groups excluding carboxylic acids is 1. The quantitative estimate of drug-likeness (QED) is 0.667. The molecule has 1 aliphatic heterocycles. The van der Waals surface area contributed by atoms with E-state index in [1.165, 1.54) is 34.9 Å². The van der Waals surface area contributed by atoms with E-state index in [4.69, 9.17) is 0 Å². The Bertz CT molecular complexity index is 1040. The molecule has 0 aliphatic carbocycles. The van der Waals surface area contributed by atoms with Gasteiger partial charge in [0.15, 0.2) is 0 Å². The van der Waals surface area contributed by atoms with Crippen molar-refractivity contribution in [3.63, 3.8) is 0 Å². The summed E-state index contributed by atoms with van der Waals surface area (Å²) in [6, 6.07) is 14.3. The maximum Gasteiger partial charge on any atom is 0.256 e. The van der Waals surface area contributed by atoms with Crippen LogP contribution < -0.4 is 5.32 Å². The van der Waals surface area contributed by atoms with E-state index in [-0.39, 0.29) is 11.9 Å². The Morgan fingerprint density at radius 1 is 1.13 bits per heavy atom. The Labute approximate surface area is 176 Å². The Hall–Kier alpha value is -2.99. The predicted octanol–water partition coefficient (Wildman–Crippen LogP) is 4.73. The van der Waals surface area contributed by atoms with Crippen molar-refractivity contribution in [3.8, 4) is 0 Å². The highest BCUT2D eigenvalue weighted by Gasteiger charge is 2.23. The molecule has 1 saturated heterocycles. The number of aromatic nitrogens is 2. The summed E-state index contributed by atoms with van der Waals surface area (Å²) in [5, 5.41) is 7.33. The molecular formula is C24H27FN4O. The van der Waals surface area contributed by atoms with Crippen LogP contribution in [0.5, 0.6) is 0 Å². The molecule has 0 spiro atoms. The molecule has 1 aliphatic rings. The molecular weight excluding hydrogens is 379 g/mol. The van der Waals surface area contributed by atoms with Crippen LogP contribution in [-0.2, 0) is 6.54 Å². The van der Waals surface area contributed by atoms with Crippen molar-refractivity contribution in [2.24, 2.45) is 0 Å². The van der Waals surface area contributed by atoms with Gasteiger partial charge in [0, 0.05) is 31.3 Å². The first kappa shape index (κ1) is 20.3. The number of aryl methyl sites for hydroxylation is 2. The van der Waals surface area contributed by atoms with Gasteiger partial charge in [-0.15, -0.1) is 0 Å². The second kappa shape index (κ2) is 8.79. The highest BCUT2D eigenvalue weighted by molar-refractivity contribution is 6.03. The third-order valence-corrected chi connectivity index (χ3v) is 5.80. The van der Waals surface area contributed by atoms with Gasteiger partial charge in [0.1, 0.15) is 11.6 Å². The van der Waals surface area contributed by atoms with E-state index < -0.39 is 5.82 Å². The second-order valence-electron chi connectivity index (χ2n) is 8.06. The molecule has 0 radical (unpaired) electrons.